The lowest BCUT2D eigenvalue weighted by molar-refractivity contribution is -0.142. The van der Waals surface area contributed by atoms with Gasteiger partial charge in [-0.15, -0.1) is 0 Å². The van der Waals surface area contributed by atoms with Gasteiger partial charge in [-0.05, 0) is 13.3 Å². The highest BCUT2D eigenvalue weighted by atomic mass is 32.2. The number of hydrogen-bond donors (Lipinski definition) is 2. The maximum absolute atomic E-state index is 12.3. The summed E-state index contributed by atoms with van der Waals surface area (Å²) in [6.45, 7) is 2.33. The first-order valence-corrected chi connectivity index (χ1v) is 7.28. The average molecular weight is 288 g/mol. The number of aliphatic carboxylic acids is 1. The van der Waals surface area contributed by atoms with Gasteiger partial charge in [0.2, 0.25) is 0 Å². The van der Waals surface area contributed by atoms with Crippen molar-refractivity contribution in [2.24, 2.45) is 5.73 Å². The number of carboxylic acids is 1. The SMILES string of the molecule is CCn1cnc(S(=O)(=O)N2CCC(N)(C(=O)O)C2)c1. The van der Waals surface area contributed by atoms with E-state index in [1.807, 2.05) is 6.92 Å². The van der Waals surface area contributed by atoms with Crippen molar-refractivity contribution >= 4 is 16.0 Å². The third-order valence-electron chi connectivity index (χ3n) is 3.27. The lowest BCUT2D eigenvalue weighted by Gasteiger charge is -2.19. The van der Waals surface area contributed by atoms with E-state index in [4.69, 9.17) is 10.8 Å². The van der Waals surface area contributed by atoms with Crippen molar-refractivity contribution in [2.75, 3.05) is 13.1 Å². The van der Waals surface area contributed by atoms with Gasteiger partial charge in [-0.1, -0.05) is 0 Å². The molecule has 1 atom stereocenters. The minimum Gasteiger partial charge on any atom is -0.480 e. The third-order valence-corrected chi connectivity index (χ3v) is 5.00. The Balaban J connectivity index is 2.25. The van der Waals surface area contributed by atoms with Crippen LogP contribution in [0.25, 0.3) is 0 Å². The Morgan fingerprint density at radius 3 is 2.79 bits per heavy atom. The molecular formula is C10H16N4O4S. The number of rotatable bonds is 4. The standard InChI is InChI=1S/C10H16N4O4S/c1-2-13-5-8(12-7-13)19(17,18)14-4-3-10(11,6-14)9(15)16/h5,7H,2-4,6,11H2,1H3,(H,15,16). The van der Waals surface area contributed by atoms with Crippen LogP contribution in [0.1, 0.15) is 13.3 Å². The molecule has 19 heavy (non-hydrogen) atoms. The minimum absolute atomic E-state index is 0.0796. The predicted molar refractivity (Wildman–Crippen MR) is 65.8 cm³/mol. The van der Waals surface area contributed by atoms with E-state index in [0.717, 1.165) is 4.31 Å². The number of carbonyl (C=O) groups is 1. The molecule has 2 heterocycles. The van der Waals surface area contributed by atoms with Gasteiger partial charge in [0.15, 0.2) is 5.03 Å². The van der Waals surface area contributed by atoms with E-state index in [9.17, 15) is 13.2 Å². The number of aromatic nitrogens is 2. The molecule has 1 unspecified atom stereocenters. The highest BCUT2D eigenvalue weighted by Gasteiger charge is 2.46. The maximum Gasteiger partial charge on any atom is 0.325 e. The van der Waals surface area contributed by atoms with Gasteiger partial charge in [0.25, 0.3) is 10.0 Å². The van der Waals surface area contributed by atoms with Crippen LogP contribution in [0, 0.1) is 0 Å². The smallest absolute Gasteiger partial charge is 0.325 e. The minimum atomic E-state index is -3.77. The van der Waals surface area contributed by atoms with Crippen LogP contribution in [0.15, 0.2) is 17.6 Å². The van der Waals surface area contributed by atoms with Crippen molar-refractivity contribution in [3.05, 3.63) is 12.5 Å². The van der Waals surface area contributed by atoms with Crippen molar-refractivity contribution in [3.8, 4) is 0 Å². The van der Waals surface area contributed by atoms with Crippen LogP contribution in [0.5, 0.6) is 0 Å². The molecule has 2 rings (SSSR count). The molecule has 1 aliphatic rings. The number of imidazole rings is 1. The summed E-state index contributed by atoms with van der Waals surface area (Å²) in [6, 6.07) is 0. The molecule has 0 spiro atoms. The fraction of sp³-hybridized carbons (Fsp3) is 0.600. The summed E-state index contributed by atoms with van der Waals surface area (Å²) in [5.74, 6) is -1.19. The Kier molecular flexibility index (Phi) is 3.37. The summed E-state index contributed by atoms with van der Waals surface area (Å²) in [5, 5.41) is 8.92. The Morgan fingerprint density at radius 2 is 2.32 bits per heavy atom. The molecule has 1 aliphatic heterocycles. The maximum atomic E-state index is 12.3. The van der Waals surface area contributed by atoms with Crippen LogP contribution in [-0.4, -0.2) is 52.0 Å². The molecule has 0 aliphatic carbocycles. The van der Waals surface area contributed by atoms with Crippen LogP contribution in [-0.2, 0) is 21.4 Å². The van der Waals surface area contributed by atoms with Crippen molar-refractivity contribution in [2.45, 2.75) is 30.5 Å². The molecule has 0 bridgehead atoms. The second-order valence-electron chi connectivity index (χ2n) is 4.59. The zero-order chi connectivity index (χ0) is 14.3. The summed E-state index contributed by atoms with van der Waals surface area (Å²) in [7, 11) is -3.77. The molecule has 0 aromatic carbocycles. The van der Waals surface area contributed by atoms with Gasteiger partial charge in [-0.25, -0.2) is 13.4 Å². The second kappa shape index (κ2) is 4.58. The quantitative estimate of drug-likeness (QED) is 0.739. The van der Waals surface area contributed by atoms with Crippen molar-refractivity contribution < 1.29 is 18.3 Å². The van der Waals surface area contributed by atoms with Crippen LogP contribution in [0.4, 0.5) is 0 Å². The Bertz CT molecular complexity index is 596. The molecule has 9 heteroatoms. The molecule has 1 fully saturated rings. The highest BCUT2D eigenvalue weighted by molar-refractivity contribution is 7.89. The van der Waals surface area contributed by atoms with E-state index in [2.05, 4.69) is 4.98 Å². The van der Waals surface area contributed by atoms with Gasteiger partial charge >= 0.3 is 5.97 Å². The molecule has 0 radical (unpaired) electrons. The van der Waals surface area contributed by atoms with E-state index in [-0.39, 0.29) is 24.5 Å². The highest BCUT2D eigenvalue weighted by Crippen LogP contribution is 2.25. The summed E-state index contributed by atoms with van der Waals surface area (Å²) < 4.78 is 27.3. The number of hydrogen-bond acceptors (Lipinski definition) is 5. The first-order valence-electron chi connectivity index (χ1n) is 5.84. The van der Waals surface area contributed by atoms with Gasteiger partial charge in [-0.2, -0.15) is 4.31 Å². The zero-order valence-electron chi connectivity index (χ0n) is 10.5. The third kappa shape index (κ3) is 2.36. The summed E-state index contributed by atoms with van der Waals surface area (Å²) >= 11 is 0. The number of carboxylic acid groups (broad SMARTS) is 1. The number of aryl methyl sites for hydroxylation is 1. The number of nitrogens with zero attached hydrogens (tertiary/aromatic N) is 3. The van der Waals surface area contributed by atoms with Crippen LogP contribution >= 0.6 is 0 Å². The van der Waals surface area contributed by atoms with Gasteiger partial charge in [-0.3, -0.25) is 4.79 Å². The first kappa shape index (κ1) is 14.0. The van der Waals surface area contributed by atoms with E-state index >= 15 is 0 Å². The Morgan fingerprint density at radius 1 is 1.63 bits per heavy atom. The molecule has 3 N–H and O–H groups in total. The largest absolute Gasteiger partial charge is 0.480 e. The molecule has 8 nitrogen and oxygen atoms in total. The lowest BCUT2D eigenvalue weighted by atomic mass is 10.0. The van der Waals surface area contributed by atoms with Crippen LogP contribution in [0.2, 0.25) is 0 Å². The first-order chi connectivity index (χ1) is 8.79. The summed E-state index contributed by atoms with van der Waals surface area (Å²) in [4.78, 5) is 14.9. The molecule has 0 saturated carbocycles. The topological polar surface area (TPSA) is 119 Å². The van der Waals surface area contributed by atoms with Crippen LogP contribution in [0.3, 0.4) is 0 Å². The molecule has 1 saturated heterocycles. The van der Waals surface area contributed by atoms with Gasteiger partial charge in [0.1, 0.15) is 5.54 Å². The second-order valence-corrected chi connectivity index (χ2v) is 6.48. The Hall–Kier alpha value is -1.45. The molecule has 1 aromatic rings. The van der Waals surface area contributed by atoms with Gasteiger partial charge < -0.3 is 15.4 Å². The fourth-order valence-electron chi connectivity index (χ4n) is 1.95. The summed E-state index contributed by atoms with van der Waals surface area (Å²) in [5.41, 5.74) is 4.15. The zero-order valence-corrected chi connectivity index (χ0v) is 11.3. The average Bonchev–Trinajstić information content (AvgIpc) is 2.96. The van der Waals surface area contributed by atoms with Crippen molar-refractivity contribution in [3.63, 3.8) is 0 Å². The summed E-state index contributed by atoms with van der Waals surface area (Å²) in [6.07, 6.45) is 2.94. The molecule has 1 aromatic heterocycles. The van der Waals surface area contributed by atoms with E-state index in [0.29, 0.717) is 6.54 Å². The van der Waals surface area contributed by atoms with Gasteiger partial charge in [0, 0.05) is 25.8 Å². The predicted octanol–water partition coefficient (Wildman–Crippen LogP) is -0.920. The monoisotopic (exact) mass is 288 g/mol. The van der Waals surface area contributed by atoms with Gasteiger partial charge in [0.05, 0.1) is 6.33 Å². The van der Waals surface area contributed by atoms with Crippen molar-refractivity contribution in [1.82, 2.24) is 13.9 Å². The molecule has 106 valence electrons. The normalized spacial score (nSPS) is 24.7. The number of sulfonamides is 1. The molecular weight excluding hydrogens is 272 g/mol. The van der Waals surface area contributed by atoms with Crippen molar-refractivity contribution in [1.29, 1.82) is 0 Å². The van der Waals surface area contributed by atoms with Crippen LogP contribution < -0.4 is 5.73 Å². The Labute approximate surface area is 110 Å². The molecule has 0 amide bonds. The number of nitrogens with two attached hydrogens (primary N) is 1. The van der Waals surface area contributed by atoms with E-state index in [1.54, 1.807) is 4.57 Å². The van der Waals surface area contributed by atoms with E-state index in [1.165, 1.54) is 12.5 Å². The lowest BCUT2D eigenvalue weighted by Crippen LogP contribution is -2.50. The van der Waals surface area contributed by atoms with E-state index < -0.39 is 21.5 Å². The fourth-order valence-corrected chi connectivity index (χ4v) is 3.40.